The molecule has 0 radical (unpaired) electrons. The van der Waals surface area contributed by atoms with Crippen LogP contribution in [0.2, 0.25) is 0 Å². The van der Waals surface area contributed by atoms with Crippen LogP contribution in [0.3, 0.4) is 0 Å². The number of halogens is 1. The quantitative estimate of drug-likeness (QED) is 0.774. The molecule has 2 aliphatic rings. The number of benzene rings is 2. The van der Waals surface area contributed by atoms with Crippen molar-refractivity contribution in [3.8, 4) is 0 Å². The molecule has 0 amide bonds. The average molecular weight is 380 g/mol. The second kappa shape index (κ2) is 8.34. The van der Waals surface area contributed by atoms with Gasteiger partial charge in [0.2, 0.25) is 0 Å². The molecule has 28 heavy (non-hydrogen) atoms. The third-order valence-corrected chi connectivity index (χ3v) is 6.29. The molecule has 1 aliphatic heterocycles. The Kier molecular flexibility index (Phi) is 5.65. The standard InChI is InChI=1S/C24H30FN3/c1-16-3-9-19(10-4-16)22-23(20-11-5-17(2)6-12-20)28-24(27-22)26-15-18-7-13-21(25)14-8-18/h3-4,7-10,13-14,17,20,22-23H,5-6,11-12,15H2,1-2H3,(H2,26,27,28)/t17?,20?,22-,23+/m0/s1. The molecule has 1 aliphatic carbocycles. The summed E-state index contributed by atoms with van der Waals surface area (Å²) in [6.45, 7) is 5.04. The van der Waals surface area contributed by atoms with Gasteiger partial charge in [0, 0.05) is 0 Å². The number of nitrogens with one attached hydrogen (secondary N) is 2. The maximum atomic E-state index is 13.1. The van der Waals surface area contributed by atoms with E-state index in [0.29, 0.717) is 18.5 Å². The smallest absolute Gasteiger partial charge is 0.192 e. The second-order valence-electron chi connectivity index (χ2n) is 8.51. The van der Waals surface area contributed by atoms with E-state index < -0.39 is 0 Å². The third kappa shape index (κ3) is 4.37. The fourth-order valence-corrected chi connectivity index (χ4v) is 4.47. The Bertz CT molecular complexity index is 805. The van der Waals surface area contributed by atoms with Crippen molar-refractivity contribution in [3.05, 3.63) is 71.0 Å². The highest BCUT2D eigenvalue weighted by molar-refractivity contribution is 5.83. The Labute approximate surface area is 167 Å². The van der Waals surface area contributed by atoms with Gasteiger partial charge in [0.05, 0.1) is 18.6 Å². The summed E-state index contributed by atoms with van der Waals surface area (Å²) >= 11 is 0. The van der Waals surface area contributed by atoms with Gasteiger partial charge in [-0.2, -0.15) is 0 Å². The van der Waals surface area contributed by atoms with Gasteiger partial charge in [-0.15, -0.1) is 0 Å². The summed E-state index contributed by atoms with van der Waals surface area (Å²) in [6.07, 6.45) is 5.17. The highest BCUT2D eigenvalue weighted by Crippen LogP contribution is 2.36. The molecule has 3 nitrogen and oxygen atoms in total. The van der Waals surface area contributed by atoms with Crippen LogP contribution in [0.15, 0.2) is 53.5 Å². The van der Waals surface area contributed by atoms with Gasteiger partial charge in [-0.25, -0.2) is 9.38 Å². The molecule has 2 atom stereocenters. The summed E-state index contributed by atoms with van der Waals surface area (Å²) in [5.74, 6) is 2.15. The van der Waals surface area contributed by atoms with Gasteiger partial charge in [-0.3, -0.25) is 0 Å². The highest BCUT2D eigenvalue weighted by atomic mass is 19.1. The summed E-state index contributed by atoms with van der Waals surface area (Å²) in [4.78, 5) is 4.75. The van der Waals surface area contributed by atoms with Crippen LogP contribution < -0.4 is 10.6 Å². The molecule has 2 aromatic rings. The summed E-state index contributed by atoms with van der Waals surface area (Å²) in [7, 11) is 0. The van der Waals surface area contributed by atoms with E-state index in [1.807, 2.05) is 0 Å². The van der Waals surface area contributed by atoms with Gasteiger partial charge < -0.3 is 10.6 Å². The Balaban J connectivity index is 1.52. The Morgan fingerprint density at radius 2 is 1.61 bits per heavy atom. The first kappa shape index (κ1) is 19.0. The fraction of sp³-hybridized carbons (Fsp3) is 0.458. The van der Waals surface area contributed by atoms with Crippen molar-refractivity contribution < 1.29 is 4.39 Å². The maximum Gasteiger partial charge on any atom is 0.192 e. The van der Waals surface area contributed by atoms with Crippen molar-refractivity contribution in [2.24, 2.45) is 16.8 Å². The number of nitrogens with zero attached hydrogens (tertiary/aromatic N) is 1. The number of hydrogen-bond acceptors (Lipinski definition) is 1. The lowest BCUT2D eigenvalue weighted by atomic mass is 9.76. The zero-order valence-electron chi connectivity index (χ0n) is 16.8. The first-order valence-electron chi connectivity index (χ1n) is 10.5. The molecule has 148 valence electrons. The van der Waals surface area contributed by atoms with Gasteiger partial charge in [0.25, 0.3) is 0 Å². The van der Waals surface area contributed by atoms with Crippen LogP contribution >= 0.6 is 0 Å². The average Bonchev–Trinajstić information content (AvgIpc) is 3.13. The van der Waals surface area contributed by atoms with Crippen LogP contribution in [0, 0.1) is 24.6 Å². The fourth-order valence-electron chi connectivity index (χ4n) is 4.47. The minimum Gasteiger partial charge on any atom is -0.351 e. The molecule has 2 aromatic carbocycles. The number of hydrogen-bond donors (Lipinski definition) is 2. The predicted molar refractivity (Wildman–Crippen MR) is 113 cm³/mol. The Morgan fingerprint density at radius 1 is 0.929 bits per heavy atom. The van der Waals surface area contributed by atoms with E-state index in [2.05, 4.69) is 48.7 Å². The predicted octanol–water partition coefficient (Wildman–Crippen LogP) is 5.12. The van der Waals surface area contributed by atoms with Crippen molar-refractivity contribution in [2.45, 2.75) is 58.2 Å². The Hall–Kier alpha value is -2.36. The van der Waals surface area contributed by atoms with Gasteiger partial charge in [-0.05, 0) is 54.9 Å². The lowest BCUT2D eigenvalue weighted by molar-refractivity contribution is 0.232. The minimum absolute atomic E-state index is 0.209. The Morgan fingerprint density at radius 3 is 2.29 bits per heavy atom. The van der Waals surface area contributed by atoms with Crippen molar-refractivity contribution in [3.63, 3.8) is 0 Å². The number of guanidine groups is 1. The molecular weight excluding hydrogens is 349 g/mol. The number of rotatable bonds is 4. The van der Waals surface area contributed by atoms with Crippen LogP contribution in [0.1, 0.15) is 55.3 Å². The third-order valence-electron chi connectivity index (χ3n) is 6.29. The lowest BCUT2D eigenvalue weighted by Gasteiger charge is -2.33. The van der Waals surface area contributed by atoms with Crippen molar-refractivity contribution in [2.75, 3.05) is 0 Å². The SMILES string of the molecule is Cc1ccc([C@@H]2NC(=NCc3ccc(F)cc3)N[C@@H]2C2CCC(C)CC2)cc1. The highest BCUT2D eigenvalue weighted by Gasteiger charge is 2.38. The van der Waals surface area contributed by atoms with E-state index in [1.54, 1.807) is 12.1 Å². The summed E-state index contributed by atoms with van der Waals surface area (Å²) in [5.41, 5.74) is 3.61. The first-order valence-corrected chi connectivity index (χ1v) is 10.5. The van der Waals surface area contributed by atoms with Gasteiger partial charge in [0.1, 0.15) is 5.82 Å². The molecule has 0 bridgehead atoms. The van der Waals surface area contributed by atoms with E-state index >= 15 is 0 Å². The molecule has 1 saturated heterocycles. The van der Waals surface area contributed by atoms with Crippen LogP contribution in [0.25, 0.3) is 0 Å². The zero-order chi connectivity index (χ0) is 19.5. The maximum absolute atomic E-state index is 13.1. The van der Waals surface area contributed by atoms with Gasteiger partial charge in [0.15, 0.2) is 5.96 Å². The lowest BCUT2D eigenvalue weighted by Crippen LogP contribution is -2.37. The number of aryl methyl sites for hydroxylation is 1. The van der Waals surface area contributed by atoms with Crippen LogP contribution in [-0.2, 0) is 6.54 Å². The van der Waals surface area contributed by atoms with Gasteiger partial charge >= 0.3 is 0 Å². The molecule has 0 unspecified atom stereocenters. The summed E-state index contributed by atoms with van der Waals surface area (Å²) in [5, 5.41) is 7.32. The summed E-state index contributed by atoms with van der Waals surface area (Å²) in [6, 6.07) is 16.0. The van der Waals surface area contributed by atoms with Gasteiger partial charge in [-0.1, -0.05) is 61.7 Å². The van der Waals surface area contributed by atoms with Crippen LogP contribution in [-0.4, -0.2) is 12.0 Å². The molecule has 2 fully saturated rings. The van der Waals surface area contributed by atoms with Crippen molar-refractivity contribution in [1.82, 2.24) is 10.6 Å². The molecule has 1 saturated carbocycles. The van der Waals surface area contributed by atoms with Crippen LogP contribution in [0.5, 0.6) is 0 Å². The van der Waals surface area contributed by atoms with Crippen molar-refractivity contribution in [1.29, 1.82) is 0 Å². The van der Waals surface area contributed by atoms with E-state index in [9.17, 15) is 4.39 Å². The summed E-state index contributed by atoms with van der Waals surface area (Å²) < 4.78 is 13.1. The largest absolute Gasteiger partial charge is 0.351 e. The topological polar surface area (TPSA) is 36.4 Å². The van der Waals surface area contributed by atoms with Crippen LogP contribution in [0.4, 0.5) is 4.39 Å². The van der Waals surface area contributed by atoms with E-state index in [-0.39, 0.29) is 11.9 Å². The first-order chi connectivity index (χ1) is 13.6. The monoisotopic (exact) mass is 379 g/mol. The molecule has 4 rings (SSSR count). The molecule has 4 heteroatoms. The zero-order valence-corrected chi connectivity index (χ0v) is 16.8. The normalized spacial score (nSPS) is 28.8. The number of aliphatic imine (C=N–C) groups is 1. The van der Waals surface area contributed by atoms with E-state index in [0.717, 1.165) is 17.4 Å². The minimum atomic E-state index is -0.209. The molecule has 1 heterocycles. The van der Waals surface area contributed by atoms with E-state index in [1.165, 1.54) is 48.9 Å². The second-order valence-corrected chi connectivity index (χ2v) is 8.51. The van der Waals surface area contributed by atoms with E-state index in [4.69, 9.17) is 4.99 Å². The van der Waals surface area contributed by atoms with Crippen molar-refractivity contribution >= 4 is 5.96 Å². The molecular formula is C24H30FN3. The molecule has 0 spiro atoms. The molecule has 2 N–H and O–H groups in total. The molecule has 0 aromatic heterocycles.